The standard InChI is InChI=1S/C39H53N3O7S/c1-3-4-5-6-7-8-9-10-11-12-13-14-15-16-37(43)49-30-34-22-19-33(29-41-34)39(45)42-50(46,47)36-25-20-32(21-26-36)38(44)40-28-27-31-17-23-35(48-2)24-18-31/h17-26,29H,3-16,27-28,30H2,1-2H3,(H,40,44)(H,42,45). The van der Waals surface area contributed by atoms with Crippen molar-refractivity contribution in [1.29, 1.82) is 0 Å². The third-order valence-corrected chi connectivity index (χ3v) is 9.81. The Morgan fingerprint density at radius 2 is 1.28 bits per heavy atom. The van der Waals surface area contributed by atoms with E-state index in [0.717, 1.165) is 30.6 Å². The molecule has 0 saturated heterocycles. The summed E-state index contributed by atoms with van der Waals surface area (Å²) in [7, 11) is -2.61. The summed E-state index contributed by atoms with van der Waals surface area (Å²) in [6, 6.07) is 15.8. The predicted octanol–water partition coefficient (Wildman–Crippen LogP) is 7.71. The Labute approximate surface area is 297 Å². The van der Waals surface area contributed by atoms with Gasteiger partial charge in [-0.15, -0.1) is 0 Å². The maximum absolute atomic E-state index is 12.8. The molecule has 2 amide bonds. The first-order valence-electron chi connectivity index (χ1n) is 17.9. The van der Waals surface area contributed by atoms with Gasteiger partial charge in [-0.25, -0.2) is 13.1 Å². The van der Waals surface area contributed by atoms with Crippen LogP contribution in [0.25, 0.3) is 0 Å². The summed E-state index contributed by atoms with van der Waals surface area (Å²) < 4.78 is 38.2. The third kappa shape index (κ3) is 15.1. The van der Waals surface area contributed by atoms with Crippen LogP contribution in [0.3, 0.4) is 0 Å². The molecular weight excluding hydrogens is 655 g/mol. The monoisotopic (exact) mass is 707 g/mol. The lowest BCUT2D eigenvalue weighted by Crippen LogP contribution is -2.31. The van der Waals surface area contributed by atoms with Crippen LogP contribution >= 0.6 is 0 Å². The first kappa shape index (κ1) is 40.2. The number of hydrogen-bond acceptors (Lipinski definition) is 8. The molecule has 0 aliphatic heterocycles. The molecule has 0 fully saturated rings. The molecule has 3 rings (SSSR count). The van der Waals surface area contributed by atoms with Crippen molar-refractivity contribution in [2.24, 2.45) is 0 Å². The van der Waals surface area contributed by atoms with E-state index in [4.69, 9.17) is 9.47 Å². The molecule has 0 aliphatic rings. The van der Waals surface area contributed by atoms with Crippen LogP contribution in [-0.2, 0) is 32.6 Å². The van der Waals surface area contributed by atoms with Gasteiger partial charge in [0.25, 0.3) is 21.8 Å². The van der Waals surface area contributed by atoms with Gasteiger partial charge in [0.15, 0.2) is 0 Å². The summed E-state index contributed by atoms with van der Waals surface area (Å²) in [5.74, 6) is -0.741. The highest BCUT2D eigenvalue weighted by molar-refractivity contribution is 7.90. The van der Waals surface area contributed by atoms with E-state index in [0.29, 0.717) is 25.1 Å². The van der Waals surface area contributed by atoms with Crippen LogP contribution < -0.4 is 14.8 Å². The zero-order valence-electron chi connectivity index (χ0n) is 29.6. The number of rotatable bonds is 24. The number of nitrogens with one attached hydrogen (secondary N) is 2. The van der Waals surface area contributed by atoms with Crippen molar-refractivity contribution in [2.75, 3.05) is 13.7 Å². The smallest absolute Gasteiger partial charge is 0.306 e. The molecule has 0 saturated carbocycles. The first-order chi connectivity index (χ1) is 24.2. The summed E-state index contributed by atoms with van der Waals surface area (Å²) in [5, 5.41) is 2.81. The van der Waals surface area contributed by atoms with E-state index in [1.54, 1.807) is 7.11 Å². The van der Waals surface area contributed by atoms with Crippen molar-refractivity contribution in [3.8, 4) is 5.75 Å². The number of nitrogens with zero attached hydrogens (tertiary/aromatic N) is 1. The summed E-state index contributed by atoms with van der Waals surface area (Å²) in [4.78, 5) is 41.3. The lowest BCUT2D eigenvalue weighted by atomic mass is 10.0. The highest BCUT2D eigenvalue weighted by atomic mass is 32.2. The number of carbonyl (C=O) groups excluding carboxylic acids is 3. The number of ether oxygens (including phenoxy) is 2. The highest BCUT2D eigenvalue weighted by Gasteiger charge is 2.20. The fourth-order valence-corrected chi connectivity index (χ4v) is 6.37. The van der Waals surface area contributed by atoms with Crippen molar-refractivity contribution in [3.63, 3.8) is 0 Å². The van der Waals surface area contributed by atoms with E-state index in [1.165, 1.54) is 107 Å². The molecule has 3 aromatic rings. The molecule has 1 heterocycles. The minimum atomic E-state index is -4.20. The van der Waals surface area contributed by atoms with Crippen molar-refractivity contribution in [2.45, 2.75) is 115 Å². The van der Waals surface area contributed by atoms with E-state index in [9.17, 15) is 22.8 Å². The van der Waals surface area contributed by atoms with Gasteiger partial charge in [0.1, 0.15) is 12.4 Å². The molecule has 0 spiro atoms. The molecule has 0 aliphatic carbocycles. The Hall–Kier alpha value is -4.25. The number of hydrogen-bond donors (Lipinski definition) is 2. The Morgan fingerprint density at radius 3 is 1.84 bits per heavy atom. The van der Waals surface area contributed by atoms with Gasteiger partial charge >= 0.3 is 5.97 Å². The Bertz CT molecular complexity index is 1560. The molecule has 2 N–H and O–H groups in total. The average molecular weight is 708 g/mol. The van der Waals surface area contributed by atoms with Crippen LogP contribution in [0.5, 0.6) is 5.75 Å². The van der Waals surface area contributed by atoms with E-state index >= 15 is 0 Å². The van der Waals surface area contributed by atoms with Gasteiger partial charge < -0.3 is 14.8 Å². The number of amides is 2. The van der Waals surface area contributed by atoms with Crippen LogP contribution in [0.15, 0.2) is 71.8 Å². The molecule has 50 heavy (non-hydrogen) atoms. The number of unbranched alkanes of at least 4 members (excludes halogenated alkanes) is 12. The van der Waals surface area contributed by atoms with E-state index in [-0.39, 0.29) is 34.5 Å². The maximum atomic E-state index is 12.8. The maximum Gasteiger partial charge on any atom is 0.306 e. The Balaban J connectivity index is 1.31. The minimum absolute atomic E-state index is 0.0289. The molecule has 0 bridgehead atoms. The Kier molecular flexibility index (Phi) is 18.1. The van der Waals surface area contributed by atoms with E-state index in [1.807, 2.05) is 29.0 Å². The largest absolute Gasteiger partial charge is 0.497 e. The summed E-state index contributed by atoms with van der Waals surface area (Å²) in [6.07, 6.45) is 18.3. The molecule has 272 valence electrons. The quantitative estimate of drug-likeness (QED) is 0.0713. The highest BCUT2D eigenvalue weighted by Crippen LogP contribution is 2.15. The van der Waals surface area contributed by atoms with Gasteiger partial charge in [-0.2, -0.15) is 0 Å². The lowest BCUT2D eigenvalue weighted by Gasteiger charge is -2.09. The van der Waals surface area contributed by atoms with Gasteiger partial charge in [-0.3, -0.25) is 19.4 Å². The first-order valence-corrected chi connectivity index (χ1v) is 19.4. The number of methoxy groups -OCH3 is 1. The molecular formula is C39H53N3O7S. The number of carbonyl (C=O) groups is 3. The molecule has 11 heteroatoms. The van der Waals surface area contributed by atoms with Crippen LogP contribution in [0.4, 0.5) is 0 Å². The fraction of sp³-hybridized carbons (Fsp3) is 0.487. The minimum Gasteiger partial charge on any atom is -0.497 e. The molecule has 0 unspecified atom stereocenters. The van der Waals surface area contributed by atoms with Crippen LogP contribution in [-0.4, -0.2) is 44.8 Å². The van der Waals surface area contributed by atoms with Crippen molar-refractivity contribution < 1.29 is 32.3 Å². The van der Waals surface area contributed by atoms with Crippen molar-refractivity contribution >= 4 is 27.8 Å². The fourth-order valence-electron chi connectivity index (χ4n) is 5.40. The van der Waals surface area contributed by atoms with Gasteiger partial charge in [0.2, 0.25) is 0 Å². The molecule has 10 nitrogen and oxygen atoms in total. The summed E-state index contributed by atoms with van der Waals surface area (Å²) in [5.41, 5.74) is 1.80. The number of aromatic nitrogens is 1. The van der Waals surface area contributed by atoms with Gasteiger partial charge in [-0.05, 0) is 66.9 Å². The second-order valence-corrected chi connectivity index (χ2v) is 14.2. The molecule has 1 aromatic heterocycles. The van der Waals surface area contributed by atoms with E-state index < -0.39 is 15.9 Å². The third-order valence-electron chi connectivity index (χ3n) is 8.46. The SMILES string of the molecule is CCCCCCCCCCCCCCCC(=O)OCc1ccc(C(=O)NS(=O)(=O)c2ccc(C(=O)NCCc3ccc(OC)cc3)cc2)cn1. The van der Waals surface area contributed by atoms with Gasteiger partial charge in [0, 0.05) is 24.7 Å². The van der Waals surface area contributed by atoms with Crippen LogP contribution in [0, 0.1) is 0 Å². The second-order valence-electron chi connectivity index (χ2n) is 12.5. The summed E-state index contributed by atoms with van der Waals surface area (Å²) >= 11 is 0. The van der Waals surface area contributed by atoms with E-state index in [2.05, 4.69) is 17.2 Å². The lowest BCUT2D eigenvalue weighted by molar-refractivity contribution is -0.145. The zero-order valence-corrected chi connectivity index (χ0v) is 30.4. The number of esters is 1. The zero-order chi connectivity index (χ0) is 36.0. The van der Waals surface area contributed by atoms with Crippen molar-refractivity contribution in [1.82, 2.24) is 15.0 Å². The number of pyridine rings is 1. The van der Waals surface area contributed by atoms with Crippen LogP contribution in [0.2, 0.25) is 0 Å². The number of sulfonamides is 1. The predicted molar refractivity (Wildman–Crippen MR) is 194 cm³/mol. The summed E-state index contributed by atoms with van der Waals surface area (Å²) in [6.45, 7) is 2.61. The second kappa shape index (κ2) is 22.5. The number of benzene rings is 2. The normalized spacial score (nSPS) is 11.2. The van der Waals surface area contributed by atoms with Gasteiger partial charge in [-0.1, -0.05) is 96.1 Å². The van der Waals surface area contributed by atoms with Crippen LogP contribution in [0.1, 0.15) is 129 Å². The van der Waals surface area contributed by atoms with Gasteiger partial charge in [0.05, 0.1) is 23.3 Å². The Morgan fingerprint density at radius 1 is 0.700 bits per heavy atom. The average Bonchev–Trinajstić information content (AvgIpc) is 3.13. The topological polar surface area (TPSA) is 141 Å². The molecule has 0 atom stereocenters. The molecule has 0 radical (unpaired) electrons. The van der Waals surface area contributed by atoms with Crippen molar-refractivity contribution in [3.05, 3.63) is 89.2 Å². The molecule has 2 aromatic carbocycles.